The van der Waals surface area contributed by atoms with E-state index in [0.717, 1.165) is 11.1 Å². The third kappa shape index (κ3) is 14.5. The minimum atomic E-state index is -1.25. The van der Waals surface area contributed by atoms with Crippen LogP contribution in [0.2, 0.25) is 0 Å². The summed E-state index contributed by atoms with van der Waals surface area (Å²) in [5.74, 6) is -1.57. The number of carbonyl (C=O) groups excluding carboxylic acids is 4. The molecule has 0 bridgehead atoms. The fraction of sp³-hybridized carbons (Fsp3) is 0.410. The van der Waals surface area contributed by atoms with E-state index in [2.05, 4.69) is 17.2 Å². The summed E-state index contributed by atoms with van der Waals surface area (Å²) < 4.78 is 23.7. The first-order chi connectivity index (χ1) is 24.0. The number of nitrogens with one attached hydrogen (secondary N) is 2. The number of allylic oxidation sites excluding steroid dienone is 1. The minimum absolute atomic E-state index is 0.00118. The summed E-state index contributed by atoms with van der Waals surface area (Å²) in [6, 6.07) is 15.8. The second-order valence-electron chi connectivity index (χ2n) is 14.0. The number of hydrogen-bond acceptors (Lipinski definition) is 9. The second-order valence-corrected chi connectivity index (χ2v) is 14.0. The van der Waals surface area contributed by atoms with Gasteiger partial charge >= 0.3 is 24.1 Å². The highest BCUT2D eigenvalue weighted by molar-refractivity contribution is 5.82. The summed E-state index contributed by atoms with van der Waals surface area (Å²) in [4.78, 5) is 52.5. The number of hydrogen-bond donors (Lipinski definition) is 3. The minimum Gasteiger partial charge on any atom is -0.503 e. The number of alkyl carbamates (subject to hydrolysis) is 2. The van der Waals surface area contributed by atoms with E-state index in [1.807, 2.05) is 48.5 Å². The Bertz CT molecular complexity index is 1630. The molecule has 2 atom stereocenters. The number of aromatic nitrogens is 1. The topological polar surface area (TPSA) is 153 Å². The molecule has 2 aromatic carbocycles. The summed E-state index contributed by atoms with van der Waals surface area (Å²) in [5, 5.41) is 16.5. The lowest BCUT2D eigenvalue weighted by molar-refractivity contribution is -0.687. The number of amides is 2. The van der Waals surface area contributed by atoms with E-state index >= 15 is 0 Å². The number of carbonyl (C=O) groups is 4. The predicted molar refractivity (Wildman–Crippen MR) is 189 cm³/mol. The van der Waals surface area contributed by atoms with Crippen molar-refractivity contribution < 1.29 is 47.8 Å². The lowest BCUT2D eigenvalue weighted by atomic mass is 9.96. The third-order valence-electron chi connectivity index (χ3n) is 7.15. The van der Waals surface area contributed by atoms with Crippen LogP contribution in [0.1, 0.15) is 70.2 Å². The molecule has 3 rings (SSSR count). The Labute approximate surface area is 299 Å². The normalized spacial score (nSPS) is 12.5. The van der Waals surface area contributed by atoms with Gasteiger partial charge in [0, 0.05) is 17.5 Å². The van der Waals surface area contributed by atoms with Gasteiger partial charge in [0.1, 0.15) is 36.5 Å². The second kappa shape index (κ2) is 18.6. The van der Waals surface area contributed by atoms with Crippen molar-refractivity contribution in [3.05, 3.63) is 108 Å². The predicted octanol–water partition coefficient (Wildman–Crippen LogP) is 5.61. The van der Waals surface area contributed by atoms with E-state index in [0.29, 0.717) is 17.7 Å². The molecule has 0 aliphatic rings. The van der Waals surface area contributed by atoms with Gasteiger partial charge in [0.05, 0.1) is 0 Å². The molecule has 3 aromatic rings. The molecule has 0 aliphatic carbocycles. The number of aryl methyl sites for hydroxylation is 1. The molecular weight excluding hydrogens is 654 g/mol. The summed E-state index contributed by atoms with van der Waals surface area (Å²) >= 11 is 0. The van der Waals surface area contributed by atoms with Gasteiger partial charge in [-0.1, -0.05) is 67.2 Å². The van der Waals surface area contributed by atoms with Crippen molar-refractivity contribution in [2.24, 2.45) is 0 Å². The number of esters is 2. The van der Waals surface area contributed by atoms with Crippen molar-refractivity contribution in [2.45, 2.75) is 104 Å². The SMILES string of the molecule is C=CC[n+]1cc(O)c(C[C@H](NC(=O)OCc2ccccc2)C(=O)OC(C)(C)C)c(CC[C@H](NC(=O)OCc2ccccc2)C(=O)OC(C)(C)C)c1. The fourth-order valence-electron chi connectivity index (χ4n) is 4.93. The van der Waals surface area contributed by atoms with E-state index in [9.17, 15) is 24.3 Å². The molecule has 1 aromatic heterocycles. The number of rotatable bonds is 15. The zero-order valence-electron chi connectivity index (χ0n) is 30.3. The zero-order chi connectivity index (χ0) is 37.6. The standard InChI is InChI=1S/C39H49N3O9/c1-8-21-42-23-29(19-20-31(34(44)50-38(2,3)4)40-36(46)48-25-27-15-11-9-12-16-27)30(33(43)24-42)22-32(35(45)51-39(5,6)7)41-37(47)49-26-28-17-13-10-14-18-28/h8-18,23-24,31-32H,1,19-22,25-26H2,2-7H3,(H2-,40,41,43,46,47)/p+1/t31-,32-/m0/s1. The smallest absolute Gasteiger partial charge is 0.408 e. The lowest BCUT2D eigenvalue weighted by Crippen LogP contribution is -2.46. The van der Waals surface area contributed by atoms with Crippen molar-refractivity contribution in [1.82, 2.24) is 10.6 Å². The van der Waals surface area contributed by atoms with Gasteiger partial charge in [0.15, 0.2) is 18.5 Å². The highest BCUT2D eigenvalue weighted by Gasteiger charge is 2.32. The van der Waals surface area contributed by atoms with Crippen LogP contribution in [-0.2, 0) is 61.1 Å². The Hall–Kier alpha value is -5.39. The number of ether oxygens (including phenoxy) is 4. The molecule has 3 N–H and O–H groups in total. The molecule has 12 nitrogen and oxygen atoms in total. The molecule has 0 aliphatic heterocycles. The average molecular weight is 705 g/mol. The summed E-state index contributed by atoms with van der Waals surface area (Å²) in [6.07, 6.45) is 3.22. The molecule has 1 heterocycles. The largest absolute Gasteiger partial charge is 0.503 e. The van der Waals surface area contributed by atoms with Crippen LogP contribution in [0, 0.1) is 0 Å². The average Bonchev–Trinajstić information content (AvgIpc) is 3.05. The van der Waals surface area contributed by atoms with Crippen molar-refractivity contribution >= 4 is 24.1 Å². The Kier molecular flexibility index (Phi) is 14.6. The van der Waals surface area contributed by atoms with Crippen LogP contribution in [0.25, 0.3) is 0 Å². The maximum Gasteiger partial charge on any atom is 0.408 e. The van der Waals surface area contributed by atoms with Gasteiger partial charge < -0.3 is 34.7 Å². The first kappa shape index (κ1) is 40.0. The highest BCUT2D eigenvalue weighted by Crippen LogP contribution is 2.24. The van der Waals surface area contributed by atoms with E-state index in [1.54, 1.807) is 70.5 Å². The summed E-state index contributed by atoms with van der Waals surface area (Å²) in [7, 11) is 0. The van der Waals surface area contributed by atoms with Crippen LogP contribution >= 0.6 is 0 Å². The quantitative estimate of drug-likeness (QED) is 0.0793. The lowest BCUT2D eigenvalue weighted by Gasteiger charge is -2.26. The van der Waals surface area contributed by atoms with Gasteiger partial charge in [0.2, 0.25) is 6.20 Å². The van der Waals surface area contributed by atoms with Crippen LogP contribution < -0.4 is 15.2 Å². The molecule has 2 amide bonds. The van der Waals surface area contributed by atoms with E-state index < -0.39 is 47.4 Å². The molecule has 0 radical (unpaired) electrons. The molecule has 0 unspecified atom stereocenters. The monoisotopic (exact) mass is 704 g/mol. The van der Waals surface area contributed by atoms with Crippen LogP contribution in [0.5, 0.6) is 5.75 Å². The van der Waals surface area contributed by atoms with Crippen LogP contribution in [0.4, 0.5) is 9.59 Å². The zero-order valence-corrected chi connectivity index (χ0v) is 30.3. The van der Waals surface area contributed by atoms with E-state index in [4.69, 9.17) is 18.9 Å². The van der Waals surface area contributed by atoms with Gasteiger partial charge in [0.25, 0.3) is 0 Å². The number of nitrogens with zero attached hydrogens (tertiary/aromatic N) is 1. The van der Waals surface area contributed by atoms with Gasteiger partial charge in [-0.05, 0) is 71.6 Å². The molecule has 51 heavy (non-hydrogen) atoms. The van der Waals surface area contributed by atoms with E-state index in [-0.39, 0.29) is 38.2 Å². The molecule has 12 heteroatoms. The molecule has 274 valence electrons. The highest BCUT2D eigenvalue weighted by atomic mass is 16.6. The Balaban J connectivity index is 1.88. The first-order valence-corrected chi connectivity index (χ1v) is 16.8. The van der Waals surface area contributed by atoms with E-state index in [1.165, 1.54) is 6.20 Å². The fourth-order valence-corrected chi connectivity index (χ4v) is 4.93. The van der Waals surface area contributed by atoms with Crippen molar-refractivity contribution in [3.63, 3.8) is 0 Å². The Morgan fingerprint density at radius 2 is 1.24 bits per heavy atom. The number of pyridine rings is 1. The van der Waals surface area contributed by atoms with Gasteiger partial charge in [-0.2, -0.15) is 4.57 Å². The summed E-state index contributed by atoms with van der Waals surface area (Å²) in [6.45, 7) is 14.4. The number of aromatic hydroxyl groups is 1. The van der Waals surface area contributed by atoms with Gasteiger partial charge in [-0.3, -0.25) is 0 Å². The molecule has 0 saturated carbocycles. The van der Waals surface area contributed by atoms with Gasteiger partial charge in [-0.15, -0.1) is 0 Å². The number of benzene rings is 2. The molecule has 0 spiro atoms. The van der Waals surface area contributed by atoms with Crippen molar-refractivity contribution in [1.29, 1.82) is 0 Å². The molecular formula is C39H50N3O9+. The maximum atomic E-state index is 13.4. The molecule has 0 fully saturated rings. The van der Waals surface area contributed by atoms with Gasteiger partial charge in [-0.25, -0.2) is 19.2 Å². The summed E-state index contributed by atoms with van der Waals surface area (Å²) in [5.41, 5.74) is 0.682. The van der Waals surface area contributed by atoms with Crippen LogP contribution in [-0.4, -0.2) is 52.5 Å². The third-order valence-corrected chi connectivity index (χ3v) is 7.15. The van der Waals surface area contributed by atoms with Crippen LogP contribution in [0.15, 0.2) is 85.7 Å². The molecule has 0 saturated heterocycles. The Morgan fingerprint density at radius 1 is 0.765 bits per heavy atom. The van der Waals surface area contributed by atoms with Crippen molar-refractivity contribution in [3.8, 4) is 5.75 Å². The maximum absolute atomic E-state index is 13.4. The first-order valence-electron chi connectivity index (χ1n) is 16.8. The Morgan fingerprint density at radius 3 is 1.71 bits per heavy atom. The van der Waals surface area contributed by atoms with Crippen LogP contribution in [0.3, 0.4) is 0 Å². The van der Waals surface area contributed by atoms with Crippen molar-refractivity contribution in [2.75, 3.05) is 0 Å².